The summed E-state index contributed by atoms with van der Waals surface area (Å²) in [6.07, 6.45) is 7.61. The fourth-order valence-electron chi connectivity index (χ4n) is 3.18. The molecule has 0 unspecified atom stereocenters. The van der Waals surface area contributed by atoms with Gasteiger partial charge in [0.05, 0.1) is 0 Å². The van der Waals surface area contributed by atoms with Crippen LogP contribution in [-0.2, 0) is 6.54 Å². The number of likely N-dealkylation sites (tertiary alicyclic amines) is 1. The predicted octanol–water partition coefficient (Wildman–Crippen LogP) is 3.20. The number of fused-ring (bicyclic) bond motifs is 1. The van der Waals surface area contributed by atoms with E-state index in [4.69, 9.17) is 0 Å². The number of aromatic nitrogens is 1. The highest BCUT2D eigenvalue weighted by molar-refractivity contribution is 5.81. The predicted molar refractivity (Wildman–Crippen MR) is 88.3 cm³/mol. The summed E-state index contributed by atoms with van der Waals surface area (Å²) in [5, 5.41) is 6.22. The van der Waals surface area contributed by atoms with Gasteiger partial charge in [0.1, 0.15) is 0 Å². The molecule has 1 aromatic heterocycles. The monoisotopic (exact) mass is 283 g/mol. The molecule has 1 aliphatic heterocycles. The summed E-state index contributed by atoms with van der Waals surface area (Å²) in [5.74, 6) is 0. The van der Waals surface area contributed by atoms with E-state index in [-0.39, 0.29) is 0 Å². The summed E-state index contributed by atoms with van der Waals surface area (Å²) in [4.78, 5) is 6.75. The quantitative estimate of drug-likeness (QED) is 0.913. The van der Waals surface area contributed by atoms with Crippen LogP contribution in [0.15, 0.2) is 36.7 Å². The first kappa shape index (κ1) is 14.5. The molecule has 0 spiro atoms. The smallest absolute Gasteiger partial charge is 0.0346 e. The fraction of sp³-hybridized carbons (Fsp3) is 0.500. The van der Waals surface area contributed by atoms with Gasteiger partial charge < -0.3 is 10.2 Å². The van der Waals surface area contributed by atoms with E-state index in [0.717, 1.165) is 6.54 Å². The van der Waals surface area contributed by atoms with Gasteiger partial charge in [-0.25, -0.2) is 0 Å². The van der Waals surface area contributed by atoms with Crippen molar-refractivity contribution in [1.82, 2.24) is 15.2 Å². The number of benzene rings is 1. The molecular weight excluding hydrogens is 258 g/mol. The SMILES string of the molecule is CCCN1CCC(NCc2ccc3cnccc3c2)CC1. The molecule has 1 aromatic carbocycles. The second-order valence-electron chi connectivity index (χ2n) is 6.05. The van der Waals surface area contributed by atoms with E-state index in [9.17, 15) is 0 Å². The molecular formula is C18H25N3. The summed E-state index contributed by atoms with van der Waals surface area (Å²) < 4.78 is 0. The average molecular weight is 283 g/mol. The van der Waals surface area contributed by atoms with E-state index in [2.05, 4.69) is 46.4 Å². The molecule has 0 bridgehead atoms. The van der Waals surface area contributed by atoms with Gasteiger partial charge in [-0.3, -0.25) is 4.98 Å². The van der Waals surface area contributed by atoms with Gasteiger partial charge in [0.15, 0.2) is 0 Å². The largest absolute Gasteiger partial charge is 0.310 e. The molecule has 3 rings (SSSR count). The maximum Gasteiger partial charge on any atom is 0.0346 e. The standard InChI is InChI=1S/C18H25N3/c1-2-9-21-10-6-18(7-11-21)20-13-15-3-4-17-14-19-8-5-16(17)12-15/h3-5,8,12,14,18,20H,2,6-7,9-11,13H2,1H3. The summed E-state index contributed by atoms with van der Waals surface area (Å²) in [7, 11) is 0. The third-order valence-corrected chi connectivity index (χ3v) is 4.43. The zero-order valence-electron chi connectivity index (χ0n) is 12.9. The van der Waals surface area contributed by atoms with E-state index in [1.165, 1.54) is 55.2 Å². The minimum absolute atomic E-state index is 0.672. The Kier molecular flexibility index (Phi) is 4.84. The van der Waals surface area contributed by atoms with Crippen molar-refractivity contribution in [3.8, 4) is 0 Å². The van der Waals surface area contributed by atoms with Crippen molar-refractivity contribution < 1.29 is 0 Å². The van der Waals surface area contributed by atoms with Gasteiger partial charge in [0.25, 0.3) is 0 Å². The van der Waals surface area contributed by atoms with Crippen LogP contribution in [0.1, 0.15) is 31.7 Å². The zero-order valence-corrected chi connectivity index (χ0v) is 12.9. The molecule has 0 radical (unpaired) electrons. The molecule has 1 fully saturated rings. The first-order valence-electron chi connectivity index (χ1n) is 8.13. The highest BCUT2D eigenvalue weighted by Gasteiger charge is 2.17. The summed E-state index contributed by atoms with van der Waals surface area (Å²) in [5.41, 5.74) is 1.37. The molecule has 2 heterocycles. The van der Waals surface area contributed by atoms with Crippen molar-refractivity contribution in [2.75, 3.05) is 19.6 Å². The number of piperidine rings is 1. The number of nitrogens with zero attached hydrogens (tertiary/aromatic N) is 2. The Morgan fingerprint density at radius 1 is 1.19 bits per heavy atom. The molecule has 3 heteroatoms. The Balaban J connectivity index is 1.52. The lowest BCUT2D eigenvalue weighted by Gasteiger charge is -2.32. The Bertz CT molecular complexity index is 573. The van der Waals surface area contributed by atoms with Crippen molar-refractivity contribution >= 4 is 10.8 Å². The van der Waals surface area contributed by atoms with Crippen LogP contribution in [0.2, 0.25) is 0 Å². The molecule has 0 aliphatic carbocycles. The molecule has 112 valence electrons. The van der Waals surface area contributed by atoms with E-state index in [0.29, 0.717) is 6.04 Å². The van der Waals surface area contributed by atoms with Gasteiger partial charge in [-0.1, -0.05) is 19.1 Å². The Labute approximate surface area is 127 Å². The molecule has 2 aromatic rings. The third kappa shape index (κ3) is 3.80. The number of hydrogen-bond acceptors (Lipinski definition) is 3. The van der Waals surface area contributed by atoms with Crippen LogP contribution in [0.5, 0.6) is 0 Å². The number of rotatable bonds is 5. The summed E-state index contributed by atoms with van der Waals surface area (Å²) >= 11 is 0. The molecule has 3 nitrogen and oxygen atoms in total. The second-order valence-corrected chi connectivity index (χ2v) is 6.05. The van der Waals surface area contributed by atoms with Gasteiger partial charge in [0, 0.05) is 30.4 Å². The summed E-state index contributed by atoms with van der Waals surface area (Å²) in [6, 6.07) is 9.41. The molecule has 0 atom stereocenters. The second kappa shape index (κ2) is 7.01. The zero-order chi connectivity index (χ0) is 14.5. The lowest BCUT2D eigenvalue weighted by Crippen LogP contribution is -2.42. The van der Waals surface area contributed by atoms with Crippen molar-refractivity contribution in [3.05, 3.63) is 42.2 Å². The molecule has 1 saturated heterocycles. The maximum absolute atomic E-state index is 4.16. The van der Waals surface area contributed by atoms with Gasteiger partial charge in [-0.05, 0) is 62.0 Å². The molecule has 21 heavy (non-hydrogen) atoms. The Morgan fingerprint density at radius 3 is 2.86 bits per heavy atom. The first-order chi connectivity index (χ1) is 10.3. The average Bonchev–Trinajstić information content (AvgIpc) is 2.54. The lowest BCUT2D eigenvalue weighted by molar-refractivity contribution is 0.197. The maximum atomic E-state index is 4.16. The van der Waals surface area contributed by atoms with Gasteiger partial charge in [-0.2, -0.15) is 0 Å². The molecule has 1 N–H and O–H groups in total. The van der Waals surface area contributed by atoms with Gasteiger partial charge >= 0.3 is 0 Å². The molecule has 1 aliphatic rings. The molecule has 0 amide bonds. The minimum atomic E-state index is 0.672. The van der Waals surface area contributed by atoms with E-state index < -0.39 is 0 Å². The number of pyridine rings is 1. The van der Waals surface area contributed by atoms with Crippen LogP contribution in [-0.4, -0.2) is 35.6 Å². The van der Waals surface area contributed by atoms with Crippen LogP contribution in [0.3, 0.4) is 0 Å². The Hall–Kier alpha value is -1.45. The fourth-order valence-corrected chi connectivity index (χ4v) is 3.18. The van der Waals surface area contributed by atoms with Gasteiger partial charge in [-0.15, -0.1) is 0 Å². The van der Waals surface area contributed by atoms with Crippen LogP contribution in [0.4, 0.5) is 0 Å². The van der Waals surface area contributed by atoms with Gasteiger partial charge in [0.2, 0.25) is 0 Å². The lowest BCUT2D eigenvalue weighted by atomic mass is 10.0. The topological polar surface area (TPSA) is 28.2 Å². The van der Waals surface area contributed by atoms with Crippen LogP contribution < -0.4 is 5.32 Å². The van der Waals surface area contributed by atoms with Crippen LogP contribution >= 0.6 is 0 Å². The number of hydrogen-bond donors (Lipinski definition) is 1. The van der Waals surface area contributed by atoms with E-state index in [1.54, 1.807) is 0 Å². The summed E-state index contributed by atoms with van der Waals surface area (Å²) in [6.45, 7) is 6.98. The van der Waals surface area contributed by atoms with Crippen molar-refractivity contribution in [1.29, 1.82) is 0 Å². The highest BCUT2D eigenvalue weighted by atomic mass is 15.1. The highest BCUT2D eigenvalue weighted by Crippen LogP contribution is 2.16. The van der Waals surface area contributed by atoms with Crippen molar-refractivity contribution in [2.24, 2.45) is 0 Å². The third-order valence-electron chi connectivity index (χ3n) is 4.43. The normalized spacial score (nSPS) is 17.4. The first-order valence-corrected chi connectivity index (χ1v) is 8.13. The Morgan fingerprint density at radius 2 is 2.05 bits per heavy atom. The molecule has 0 saturated carbocycles. The van der Waals surface area contributed by atoms with Crippen LogP contribution in [0.25, 0.3) is 10.8 Å². The van der Waals surface area contributed by atoms with E-state index in [1.807, 2.05) is 12.4 Å². The van der Waals surface area contributed by atoms with Crippen molar-refractivity contribution in [2.45, 2.75) is 38.8 Å². The minimum Gasteiger partial charge on any atom is -0.310 e. The number of nitrogens with one attached hydrogen (secondary N) is 1. The van der Waals surface area contributed by atoms with Crippen molar-refractivity contribution in [3.63, 3.8) is 0 Å². The van der Waals surface area contributed by atoms with Crippen LogP contribution in [0, 0.1) is 0 Å². The van der Waals surface area contributed by atoms with E-state index >= 15 is 0 Å².